The lowest BCUT2D eigenvalue weighted by Crippen LogP contribution is -2.42. The summed E-state index contributed by atoms with van der Waals surface area (Å²) in [6.07, 6.45) is 2.02. The minimum atomic E-state index is -0.346. The van der Waals surface area contributed by atoms with Crippen molar-refractivity contribution in [2.24, 2.45) is 5.41 Å². The number of nitrogens with one attached hydrogen (secondary N) is 1. The highest BCUT2D eigenvalue weighted by molar-refractivity contribution is 5.90. The van der Waals surface area contributed by atoms with Crippen LogP contribution in [0.15, 0.2) is 34.1 Å². The van der Waals surface area contributed by atoms with Gasteiger partial charge in [-0.2, -0.15) is 0 Å². The molecule has 0 saturated carbocycles. The summed E-state index contributed by atoms with van der Waals surface area (Å²) in [4.78, 5) is 12.1. The average Bonchev–Trinajstić information content (AvgIpc) is 2.96. The Kier molecular flexibility index (Phi) is 4.96. The third kappa shape index (κ3) is 3.71. The van der Waals surface area contributed by atoms with Crippen molar-refractivity contribution in [3.63, 3.8) is 0 Å². The molecule has 0 spiro atoms. The molecule has 1 aliphatic rings. The molecule has 1 N–H and O–H groups in total. The second-order valence-electron chi connectivity index (χ2n) is 6.65. The Labute approximate surface area is 131 Å². The molecule has 1 aromatic heterocycles. The van der Waals surface area contributed by atoms with Crippen LogP contribution in [0, 0.1) is 5.41 Å². The van der Waals surface area contributed by atoms with Crippen LogP contribution in [0.25, 0.3) is 0 Å². The summed E-state index contributed by atoms with van der Waals surface area (Å²) in [5.74, 6) is 0.477. The van der Waals surface area contributed by atoms with Gasteiger partial charge in [0, 0.05) is 12.1 Å². The van der Waals surface area contributed by atoms with Crippen LogP contribution in [-0.2, 0) is 20.8 Å². The Morgan fingerprint density at radius 1 is 1.45 bits per heavy atom. The number of hydrogen-bond acceptors (Lipinski definition) is 5. The van der Waals surface area contributed by atoms with Gasteiger partial charge in [0.1, 0.15) is 5.76 Å². The smallest absolute Gasteiger partial charge is 0.338 e. The molecule has 0 bridgehead atoms. The highest BCUT2D eigenvalue weighted by atomic mass is 16.5. The quantitative estimate of drug-likeness (QED) is 0.866. The lowest BCUT2D eigenvalue weighted by Gasteiger charge is -2.38. The molecule has 1 aliphatic heterocycles. The zero-order valence-electron chi connectivity index (χ0n) is 13.9. The van der Waals surface area contributed by atoms with Gasteiger partial charge in [-0.15, -0.1) is 0 Å². The van der Waals surface area contributed by atoms with Crippen molar-refractivity contribution in [2.75, 3.05) is 7.11 Å². The fraction of sp³-hybridized carbons (Fsp3) is 0.588. The summed E-state index contributed by atoms with van der Waals surface area (Å²) in [6.45, 7) is 8.83. The zero-order valence-corrected chi connectivity index (χ0v) is 13.9. The molecule has 1 aromatic rings. The molecule has 2 heterocycles. The predicted molar refractivity (Wildman–Crippen MR) is 83.0 cm³/mol. The first kappa shape index (κ1) is 16.6. The van der Waals surface area contributed by atoms with E-state index in [1.165, 1.54) is 7.11 Å². The number of rotatable bonds is 4. The van der Waals surface area contributed by atoms with Crippen LogP contribution < -0.4 is 5.32 Å². The summed E-state index contributed by atoms with van der Waals surface area (Å²) in [5, 5.41) is 3.33. The Hall–Kier alpha value is -1.75. The minimum Gasteiger partial charge on any atom is -0.467 e. The third-order valence-electron chi connectivity index (χ3n) is 3.92. The molecule has 0 amide bonds. The molecule has 0 aliphatic carbocycles. The van der Waals surface area contributed by atoms with E-state index >= 15 is 0 Å². The molecule has 2 rings (SSSR count). The van der Waals surface area contributed by atoms with Crippen LogP contribution in [0.2, 0.25) is 0 Å². The highest BCUT2D eigenvalue weighted by Gasteiger charge is 2.37. The van der Waals surface area contributed by atoms with Crippen LogP contribution in [0.5, 0.6) is 0 Å². The van der Waals surface area contributed by atoms with Gasteiger partial charge in [-0.3, -0.25) is 0 Å². The van der Waals surface area contributed by atoms with Crippen LogP contribution in [0.3, 0.4) is 0 Å². The lowest BCUT2D eigenvalue weighted by atomic mass is 9.83. The van der Waals surface area contributed by atoms with E-state index in [1.54, 1.807) is 6.26 Å². The summed E-state index contributed by atoms with van der Waals surface area (Å²) in [7, 11) is 1.39. The zero-order chi connectivity index (χ0) is 16.3. The van der Waals surface area contributed by atoms with E-state index in [-0.39, 0.29) is 23.6 Å². The van der Waals surface area contributed by atoms with Gasteiger partial charge in [0.15, 0.2) is 0 Å². The van der Waals surface area contributed by atoms with Crippen molar-refractivity contribution in [3.05, 3.63) is 35.4 Å². The predicted octanol–water partition coefficient (Wildman–Crippen LogP) is 3.02. The van der Waals surface area contributed by atoms with Crippen molar-refractivity contribution in [2.45, 2.75) is 52.9 Å². The minimum absolute atomic E-state index is 0.00643. The van der Waals surface area contributed by atoms with Gasteiger partial charge >= 0.3 is 5.97 Å². The second-order valence-corrected chi connectivity index (χ2v) is 6.65. The molecule has 0 radical (unpaired) electrons. The number of ether oxygens (including phenoxy) is 2. The molecule has 22 heavy (non-hydrogen) atoms. The first-order valence-electron chi connectivity index (χ1n) is 7.56. The fourth-order valence-electron chi connectivity index (χ4n) is 2.59. The Bertz CT molecular complexity index is 540. The molecule has 0 unspecified atom stereocenters. The number of methoxy groups -OCH3 is 1. The van der Waals surface area contributed by atoms with E-state index in [9.17, 15) is 4.79 Å². The number of furan rings is 1. The third-order valence-corrected chi connectivity index (χ3v) is 3.92. The van der Waals surface area contributed by atoms with Crippen LogP contribution in [-0.4, -0.2) is 25.3 Å². The van der Waals surface area contributed by atoms with Gasteiger partial charge in [-0.05, 0) is 24.5 Å². The second kappa shape index (κ2) is 6.57. The first-order chi connectivity index (χ1) is 10.3. The van der Waals surface area contributed by atoms with Crippen molar-refractivity contribution >= 4 is 5.97 Å². The Balaban J connectivity index is 2.24. The molecular weight excluding hydrogens is 282 g/mol. The van der Waals surface area contributed by atoms with Gasteiger partial charge in [0.2, 0.25) is 0 Å². The van der Waals surface area contributed by atoms with E-state index in [0.29, 0.717) is 18.5 Å². The van der Waals surface area contributed by atoms with Gasteiger partial charge in [0.25, 0.3) is 0 Å². The van der Waals surface area contributed by atoms with Crippen LogP contribution >= 0.6 is 0 Å². The van der Waals surface area contributed by atoms with E-state index in [4.69, 9.17) is 13.9 Å². The lowest BCUT2D eigenvalue weighted by molar-refractivity contribution is -0.140. The average molecular weight is 307 g/mol. The van der Waals surface area contributed by atoms with Crippen molar-refractivity contribution in [1.82, 2.24) is 5.32 Å². The van der Waals surface area contributed by atoms with Gasteiger partial charge < -0.3 is 19.2 Å². The van der Waals surface area contributed by atoms with Crippen molar-refractivity contribution < 1.29 is 18.7 Å². The molecule has 5 nitrogen and oxygen atoms in total. The maximum Gasteiger partial charge on any atom is 0.338 e. The van der Waals surface area contributed by atoms with E-state index < -0.39 is 0 Å². The molecule has 0 aromatic carbocycles. The highest BCUT2D eigenvalue weighted by Crippen LogP contribution is 2.34. The van der Waals surface area contributed by atoms with Gasteiger partial charge in [-0.25, -0.2) is 4.79 Å². The summed E-state index contributed by atoms with van der Waals surface area (Å²) >= 11 is 0. The van der Waals surface area contributed by atoms with Crippen LogP contribution in [0.1, 0.15) is 39.9 Å². The van der Waals surface area contributed by atoms with E-state index in [0.717, 1.165) is 11.5 Å². The van der Waals surface area contributed by atoms with Crippen molar-refractivity contribution in [1.29, 1.82) is 0 Å². The molecule has 0 fully saturated rings. The molecular formula is C17H25NO4. The fourth-order valence-corrected chi connectivity index (χ4v) is 2.59. The maximum absolute atomic E-state index is 12.1. The van der Waals surface area contributed by atoms with E-state index in [2.05, 4.69) is 26.1 Å². The number of hydrogen-bond donors (Lipinski definition) is 1. The topological polar surface area (TPSA) is 60.7 Å². The molecule has 5 heteroatoms. The standard InChI is InChI=1S/C17H25NO4/c1-11-15(16(19)20-5)13(9-14(22-11)17(2,3)4)18-10-12-7-6-8-21-12/h6-8,11,14,18H,9-10H2,1-5H3/t11-,14-/m0/s1. The number of carbonyl (C=O) groups excluding carboxylic acids is 1. The van der Waals surface area contributed by atoms with Crippen molar-refractivity contribution in [3.8, 4) is 0 Å². The van der Waals surface area contributed by atoms with Gasteiger partial charge in [0.05, 0.1) is 37.7 Å². The van der Waals surface area contributed by atoms with Crippen LogP contribution in [0.4, 0.5) is 0 Å². The largest absolute Gasteiger partial charge is 0.467 e. The SMILES string of the molecule is COC(=O)C1=C(NCc2ccco2)C[C@@H](C(C)(C)C)O[C@H]1C. The summed E-state index contributed by atoms with van der Waals surface area (Å²) < 4.78 is 16.3. The maximum atomic E-state index is 12.1. The Morgan fingerprint density at radius 3 is 2.73 bits per heavy atom. The monoisotopic (exact) mass is 307 g/mol. The summed E-state index contributed by atoms with van der Waals surface area (Å²) in [5.41, 5.74) is 1.43. The Morgan fingerprint density at radius 2 is 2.18 bits per heavy atom. The molecule has 2 atom stereocenters. The number of carbonyl (C=O) groups is 1. The van der Waals surface area contributed by atoms with Gasteiger partial charge in [-0.1, -0.05) is 20.8 Å². The molecule has 122 valence electrons. The normalized spacial score (nSPS) is 22.6. The molecule has 0 saturated heterocycles. The number of esters is 1. The first-order valence-corrected chi connectivity index (χ1v) is 7.56. The summed E-state index contributed by atoms with van der Waals surface area (Å²) in [6, 6.07) is 3.74. The van der Waals surface area contributed by atoms with E-state index in [1.807, 2.05) is 19.1 Å².